The minimum atomic E-state index is 0. The summed E-state index contributed by atoms with van der Waals surface area (Å²) >= 11 is 1.58. The van der Waals surface area contributed by atoms with Gasteiger partial charge >= 0.3 is 30.2 Å². The molecule has 18 heavy (non-hydrogen) atoms. The monoisotopic (exact) mass is 336 g/mol. The molecular weight excluding hydrogens is 311 g/mol. The number of hydrogen-bond donors (Lipinski definition) is 0. The Hall–Kier alpha value is 0.0600. The normalized spacial score (nSPS) is 13.8. The average molecular weight is 338 g/mol. The van der Waals surface area contributed by atoms with Crippen LogP contribution in [0.15, 0.2) is 35.5 Å². The second-order valence-electron chi connectivity index (χ2n) is 3.36. The summed E-state index contributed by atoms with van der Waals surface area (Å²) in [6.07, 6.45) is 18.8. The summed E-state index contributed by atoms with van der Waals surface area (Å²) in [4.78, 5) is 0. The molecule has 0 saturated carbocycles. The Bertz CT molecular complexity index is 288. The van der Waals surface area contributed by atoms with Crippen LogP contribution in [0.3, 0.4) is 0 Å². The van der Waals surface area contributed by atoms with E-state index in [2.05, 4.69) is 38.2 Å². The molecule has 0 aromatic heterocycles. The molecule has 2 aliphatic carbocycles. The molecule has 0 fully saturated rings. The van der Waals surface area contributed by atoms with Crippen molar-refractivity contribution in [3.05, 3.63) is 62.5 Å². The number of allylic oxidation sites excluding steroid dienone is 8. The second-order valence-corrected chi connectivity index (χ2v) is 3.36. The third-order valence-electron chi connectivity index (χ3n) is 2.44. The average Bonchev–Trinajstić information content (AvgIpc) is 3.05. The van der Waals surface area contributed by atoms with Gasteiger partial charge in [-0.1, -0.05) is 26.7 Å². The Labute approximate surface area is 132 Å². The van der Waals surface area contributed by atoms with Crippen molar-refractivity contribution in [2.45, 2.75) is 39.5 Å². The van der Waals surface area contributed by atoms with Gasteiger partial charge in [-0.25, -0.2) is 18.2 Å². The van der Waals surface area contributed by atoms with Gasteiger partial charge in [0.2, 0.25) is 0 Å². The van der Waals surface area contributed by atoms with Crippen LogP contribution < -0.4 is 0 Å². The molecule has 2 heteroatoms. The molecule has 0 amide bonds. The molecule has 0 atom stereocenters. The Kier molecular flexibility index (Phi) is 22.0. The quantitative estimate of drug-likeness (QED) is 0.524. The van der Waals surface area contributed by atoms with E-state index in [0.717, 1.165) is 12.8 Å². The van der Waals surface area contributed by atoms with Gasteiger partial charge in [0.25, 0.3) is 0 Å². The van der Waals surface area contributed by atoms with Crippen molar-refractivity contribution in [1.29, 1.82) is 0 Å². The van der Waals surface area contributed by atoms with Crippen LogP contribution in [-0.2, 0) is 23.3 Å². The topological polar surface area (TPSA) is 0 Å². The van der Waals surface area contributed by atoms with Gasteiger partial charge in [0.05, 0.1) is 0 Å². The van der Waals surface area contributed by atoms with Gasteiger partial charge in [-0.3, -0.25) is 12.2 Å². The van der Waals surface area contributed by atoms with Crippen molar-refractivity contribution in [2.24, 2.45) is 0 Å². The van der Waals surface area contributed by atoms with Gasteiger partial charge in [-0.15, -0.1) is 12.8 Å². The van der Waals surface area contributed by atoms with Gasteiger partial charge < -0.3 is 14.9 Å². The van der Waals surface area contributed by atoms with E-state index in [-0.39, 0.29) is 14.9 Å². The molecule has 2 aliphatic rings. The molecule has 0 bridgehead atoms. The summed E-state index contributed by atoms with van der Waals surface area (Å²) in [5.41, 5.74) is 3.09. The fraction of sp³-hybridized carbons (Fsp3) is 0.375. The third-order valence-corrected chi connectivity index (χ3v) is 2.44. The van der Waals surface area contributed by atoms with E-state index >= 15 is 0 Å². The zero-order chi connectivity index (χ0) is 12.2. The number of hydrogen-bond acceptors (Lipinski definition) is 0. The first-order valence-corrected chi connectivity index (χ1v) is 11.6. The SMILES string of the molecule is CCC1=C(CC)C[C-]=C1.[C-]1=CC=CC1.[CH3-].[CH3-].[SiH2]=[Zr]. The molecule has 0 aliphatic heterocycles. The Morgan fingerprint density at radius 1 is 1.17 bits per heavy atom. The van der Waals surface area contributed by atoms with Gasteiger partial charge in [0, 0.05) is 0 Å². The van der Waals surface area contributed by atoms with Crippen molar-refractivity contribution in [2.75, 3.05) is 0 Å². The van der Waals surface area contributed by atoms with E-state index in [1.165, 1.54) is 18.4 Å². The third kappa shape index (κ3) is 10.0. The second kappa shape index (κ2) is 17.1. The Morgan fingerprint density at radius 3 is 2.11 bits per heavy atom. The van der Waals surface area contributed by atoms with Crippen molar-refractivity contribution < 1.29 is 23.3 Å². The van der Waals surface area contributed by atoms with Gasteiger partial charge in [-0.05, 0) is 0 Å². The van der Waals surface area contributed by atoms with Crippen molar-refractivity contribution in [1.82, 2.24) is 0 Å². The summed E-state index contributed by atoms with van der Waals surface area (Å²) in [5.74, 6) is 0. The fourth-order valence-electron chi connectivity index (χ4n) is 1.56. The van der Waals surface area contributed by atoms with Crippen LogP contribution >= 0.6 is 0 Å². The van der Waals surface area contributed by atoms with E-state index in [1.54, 1.807) is 28.9 Å². The maximum absolute atomic E-state index is 3.23. The van der Waals surface area contributed by atoms with Gasteiger partial charge in [0.1, 0.15) is 0 Å². The molecule has 0 aromatic carbocycles. The summed E-state index contributed by atoms with van der Waals surface area (Å²) in [5, 5.41) is 0. The van der Waals surface area contributed by atoms with Crippen LogP contribution in [0.4, 0.5) is 0 Å². The molecule has 0 spiro atoms. The predicted octanol–water partition coefficient (Wildman–Crippen LogP) is 4.15. The molecule has 0 N–H and O–H groups in total. The predicted molar refractivity (Wildman–Crippen MR) is 83.0 cm³/mol. The summed E-state index contributed by atoms with van der Waals surface area (Å²) < 4.78 is 0. The summed E-state index contributed by atoms with van der Waals surface area (Å²) in [6.45, 7) is 6.37. The molecule has 0 unspecified atom stereocenters. The zero-order valence-corrected chi connectivity index (χ0v) is 16.2. The van der Waals surface area contributed by atoms with Crippen LogP contribution in [0.5, 0.6) is 0 Å². The molecule has 102 valence electrons. The Balaban J connectivity index is -0.000000217. The minimum absolute atomic E-state index is 0. The van der Waals surface area contributed by atoms with Gasteiger partial charge in [-0.2, -0.15) is 17.2 Å². The Morgan fingerprint density at radius 2 is 1.83 bits per heavy atom. The molecular formula is C16H26SiZr-4. The molecule has 0 heterocycles. The van der Waals surface area contributed by atoms with Gasteiger partial charge in [0.15, 0.2) is 0 Å². The van der Waals surface area contributed by atoms with Crippen LogP contribution in [0.2, 0.25) is 0 Å². The molecule has 2 rings (SSSR count). The molecule has 0 radical (unpaired) electrons. The summed E-state index contributed by atoms with van der Waals surface area (Å²) in [6, 6.07) is 0. The molecule has 0 nitrogen and oxygen atoms in total. The molecule has 0 aromatic rings. The van der Waals surface area contributed by atoms with E-state index in [0.29, 0.717) is 0 Å². The summed E-state index contributed by atoms with van der Waals surface area (Å²) in [7, 11) is 0. The van der Waals surface area contributed by atoms with E-state index in [9.17, 15) is 0 Å². The molecule has 0 saturated heterocycles. The van der Waals surface area contributed by atoms with Crippen molar-refractivity contribution >= 4 is 6.88 Å². The first-order valence-electron chi connectivity index (χ1n) is 5.73. The first kappa shape index (κ1) is 23.2. The van der Waals surface area contributed by atoms with Crippen LogP contribution in [-0.4, -0.2) is 6.88 Å². The van der Waals surface area contributed by atoms with E-state index < -0.39 is 0 Å². The standard InChI is InChI=1S/C9H13.C5H5.2CH3.H2Si.Zr/c1-3-8-6-5-7-9(8)4-2;1-2-4-5-3-1;;;;/h6H,3-4,7H2,1-2H3;1-3H,4H2;2*1H3;1H2;/q4*-1;;. The van der Waals surface area contributed by atoms with Crippen molar-refractivity contribution in [3.63, 3.8) is 0 Å². The number of rotatable bonds is 2. The fourth-order valence-corrected chi connectivity index (χ4v) is 1.56. The van der Waals surface area contributed by atoms with E-state index in [1.807, 2.05) is 19.0 Å². The van der Waals surface area contributed by atoms with Crippen molar-refractivity contribution in [3.8, 4) is 0 Å². The van der Waals surface area contributed by atoms with Crippen LogP contribution in [0, 0.1) is 27.0 Å². The van der Waals surface area contributed by atoms with E-state index in [4.69, 9.17) is 0 Å². The maximum atomic E-state index is 3.23. The zero-order valence-electron chi connectivity index (χ0n) is 12.3. The van der Waals surface area contributed by atoms with Crippen LogP contribution in [0.1, 0.15) is 39.5 Å². The van der Waals surface area contributed by atoms with Crippen LogP contribution in [0.25, 0.3) is 0 Å². The first-order chi connectivity index (χ1) is 7.88.